The maximum absolute atomic E-state index is 12.0. The molecule has 20 heavy (non-hydrogen) atoms. The van der Waals surface area contributed by atoms with Crippen molar-refractivity contribution < 1.29 is 19.1 Å². The number of hydrogen-bond acceptors (Lipinski definition) is 4. The number of nitrogens with two attached hydrogens (primary N) is 1. The lowest BCUT2D eigenvalue weighted by molar-refractivity contribution is -0.138. The van der Waals surface area contributed by atoms with Gasteiger partial charge in [0.15, 0.2) is 0 Å². The van der Waals surface area contributed by atoms with Crippen LogP contribution in [0.15, 0.2) is 24.3 Å². The number of carbonyl (C=O) groups is 2. The number of carbonyl (C=O) groups excluding carboxylic acids is 2. The first-order valence-electron chi connectivity index (χ1n) is 6.33. The fourth-order valence-corrected chi connectivity index (χ4v) is 2.17. The lowest BCUT2D eigenvalue weighted by atomic mass is 9.92. The SMILES string of the molecule is COc1ccc(CC(=O)NC2(CC(N)=O)COC2)cc1. The van der Waals surface area contributed by atoms with Gasteiger partial charge >= 0.3 is 0 Å². The molecule has 1 saturated heterocycles. The number of rotatable bonds is 6. The van der Waals surface area contributed by atoms with Crippen LogP contribution in [-0.2, 0) is 20.7 Å². The second-order valence-corrected chi connectivity index (χ2v) is 4.99. The summed E-state index contributed by atoms with van der Waals surface area (Å²) in [6, 6.07) is 7.26. The molecule has 1 aliphatic rings. The molecule has 0 spiro atoms. The van der Waals surface area contributed by atoms with Gasteiger partial charge in [0.05, 0.1) is 38.7 Å². The molecule has 1 aromatic carbocycles. The third kappa shape index (κ3) is 3.48. The molecule has 2 amide bonds. The van der Waals surface area contributed by atoms with E-state index in [0.717, 1.165) is 11.3 Å². The summed E-state index contributed by atoms with van der Waals surface area (Å²) < 4.78 is 10.1. The smallest absolute Gasteiger partial charge is 0.225 e. The monoisotopic (exact) mass is 278 g/mol. The highest BCUT2D eigenvalue weighted by atomic mass is 16.5. The van der Waals surface area contributed by atoms with Crippen LogP contribution >= 0.6 is 0 Å². The first-order chi connectivity index (χ1) is 9.53. The minimum atomic E-state index is -0.630. The van der Waals surface area contributed by atoms with E-state index in [1.165, 1.54) is 0 Å². The minimum Gasteiger partial charge on any atom is -0.497 e. The van der Waals surface area contributed by atoms with Crippen molar-refractivity contribution in [3.8, 4) is 5.75 Å². The van der Waals surface area contributed by atoms with Crippen LogP contribution in [0.25, 0.3) is 0 Å². The van der Waals surface area contributed by atoms with Crippen LogP contribution in [0.4, 0.5) is 0 Å². The van der Waals surface area contributed by atoms with E-state index in [-0.39, 0.29) is 18.7 Å². The minimum absolute atomic E-state index is 0.0986. The summed E-state index contributed by atoms with van der Waals surface area (Å²) in [6.07, 6.45) is 0.339. The van der Waals surface area contributed by atoms with Gasteiger partial charge < -0.3 is 20.5 Å². The standard InChI is InChI=1S/C14H18N2O4/c1-19-11-4-2-10(3-5-11)6-13(18)16-14(7-12(15)17)8-20-9-14/h2-5H,6-9H2,1H3,(H2,15,17)(H,16,18). The number of amides is 2. The van der Waals surface area contributed by atoms with Crippen LogP contribution in [0.2, 0.25) is 0 Å². The number of primary amides is 1. The van der Waals surface area contributed by atoms with Crippen molar-refractivity contribution in [2.24, 2.45) is 5.73 Å². The Morgan fingerprint density at radius 1 is 1.35 bits per heavy atom. The van der Waals surface area contributed by atoms with Gasteiger partial charge in [0.25, 0.3) is 0 Å². The fraction of sp³-hybridized carbons (Fsp3) is 0.429. The van der Waals surface area contributed by atoms with Crippen molar-refractivity contribution in [3.05, 3.63) is 29.8 Å². The van der Waals surface area contributed by atoms with Crippen LogP contribution < -0.4 is 15.8 Å². The molecule has 0 unspecified atom stereocenters. The Morgan fingerprint density at radius 3 is 2.45 bits per heavy atom. The number of ether oxygens (including phenoxy) is 2. The molecule has 108 valence electrons. The number of methoxy groups -OCH3 is 1. The highest BCUT2D eigenvalue weighted by molar-refractivity contribution is 5.81. The fourth-order valence-electron chi connectivity index (χ4n) is 2.17. The maximum Gasteiger partial charge on any atom is 0.225 e. The van der Waals surface area contributed by atoms with Gasteiger partial charge in [-0.2, -0.15) is 0 Å². The average molecular weight is 278 g/mol. The predicted octanol–water partition coefficient (Wildman–Crippen LogP) is -0.00170. The molecule has 1 aliphatic heterocycles. The molecule has 6 nitrogen and oxygen atoms in total. The van der Waals surface area contributed by atoms with Gasteiger partial charge in [-0.05, 0) is 17.7 Å². The van der Waals surface area contributed by atoms with Crippen molar-refractivity contribution in [2.45, 2.75) is 18.4 Å². The maximum atomic E-state index is 12.0. The molecule has 0 radical (unpaired) electrons. The van der Waals surface area contributed by atoms with E-state index in [2.05, 4.69) is 5.32 Å². The zero-order valence-corrected chi connectivity index (χ0v) is 11.3. The quantitative estimate of drug-likeness (QED) is 0.766. The van der Waals surface area contributed by atoms with E-state index in [1.807, 2.05) is 12.1 Å². The van der Waals surface area contributed by atoms with Gasteiger partial charge in [-0.1, -0.05) is 12.1 Å². The lowest BCUT2D eigenvalue weighted by Crippen LogP contribution is -2.63. The van der Waals surface area contributed by atoms with E-state index in [0.29, 0.717) is 13.2 Å². The van der Waals surface area contributed by atoms with Crippen molar-refractivity contribution in [2.75, 3.05) is 20.3 Å². The second-order valence-electron chi connectivity index (χ2n) is 4.99. The highest BCUT2D eigenvalue weighted by Crippen LogP contribution is 2.21. The van der Waals surface area contributed by atoms with Gasteiger partial charge in [0.2, 0.25) is 11.8 Å². The topological polar surface area (TPSA) is 90.6 Å². The van der Waals surface area contributed by atoms with Crippen molar-refractivity contribution in [3.63, 3.8) is 0 Å². The molecule has 0 saturated carbocycles. The van der Waals surface area contributed by atoms with Crippen molar-refractivity contribution in [1.82, 2.24) is 5.32 Å². The Morgan fingerprint density at radius 2 is 2.00 bits per heavy atom. The van der Waals surface area contributed by atoms with Crippen LogP contribution in [0, 0.1) is 0 Å². The molecule has 3 N–H and O–H groups in total. The molecular formula is C14H18N2O4. The Hall–Kier alpha value is -2.08. The van der Waals surface area contributed by atoms with Gasteiger partial charge in [0, 0.05) is 0 Å². The van der Waals surface area contributed by atoms with Gasteiger partial charge in [-0.25, -0.2) is 0 Å². The molecule has 0 bridgehead atoms. The molecule has 0 atom stereocenters. The van der Waals surface area contributed by atoms with Crippen LogP contribution in [0.3, 0.4) is 0 Å². The summed E-state index contributed by atoms with van der Waals surface area (Å²) in [6.45, 7) is 0.647. The third-order valence-electron chi connectivity index (χ3n) is 3.20. The average Bonchev–Trinajstić information content (AvgIpc) is 2.36. The highest BCUT2D eigenvalue weighted by Gasteiger charge is 2.41. The molecule has 6 heteroatoms. The molecule has 1 aromatic rings. The van der Waals surface area contributed by atoms with E-state index >= 15 is 0 Å². The van der Waals surface area contributed by atoms with E-state index in [1.54, 1.807) is 19.2 Å². The van der Waals surface area contributed by atoms with E-state index < -0.39 is 11.4 Å². The molecule has 1 fully saturated rings. The van der Waals surface area contributed by atoms with Gasteiger partial charge in [0.1, 0.15) is 5.75 Å². The summed E-state index contributed by atoms with van der Waals surface area (Å²) in [7, 11) is 1.59. The number of benzene rings is 1. The second kappa shape index (κ2) is 5.92. The van der Waals surface area contributed by atoms with E-state index in [4.69, 9.17) is 15.2 Å². The predicted molar refractivity (Wildman–Crippen MR) is 72.2 cm³/mol. The Balaban J connectivity index is 1.92. The van der Waals surface area contributed by atoms with Crippen molar-refractivity contribution >= 4 is 11.8 Å². The molecular weight excluding hydrogens is 260 g/mol. The number of hydrogen-bond donors (Lipinski definition) is 2. The zero-order chi connectivity index (χ0) is 14.6. The Kier molecular flexibility index (Phi) is 4.24. The van der Waals surface area contributed by atoms with Crippen LogP contribution in [-0.4, -0.2) is 37.7 Å². The zero-order valence-electron chi connectivity index (χ0n) is 11.3. The summed E-state index contributed by atoms with van der Waals surface area (Å²) in [5, 5.41) is 2.84. The summed E-state index contributed by atoms with van der Waals surface area (Å²) in [4.78, 5) is 23.0. The third-order valence-corrected chi connectivity index (χ3v) is 3.20. The molecule has 0 aromatic heterocycles. The Bertz CT molecular complexity index is 494. The van der Waals surface area contributed by atoms with Gasteiger partial charge in [-0.15, -0.1) is 0 Å². The lowest BCUT2D eigenvalue weighted by Gasteiger charge is -2.41. The first kappa shape index (κ1) is 14.3. The van der Waals surface area contributed by atoms with Gasteiger partial charge in [-0.3, -0.25) is 9.59 Å². The summed E-state index contributed by atoms with van der Waals surface area (Å²) in [5.41, 5.74) is 5.43. The molecule has 2 rings (SSSR count). The molecule has 0 aliphatic carbocycles. The van der Waals surface area contributed by atoms with Crippen LogP contribution in [0.5, 0.6) is 5.75 Å². The summed E-state index contributed by atoms with van der Waals surface area (Å²) >= 11 is 0. The first-order valence-corrected chi connectivity index (χ1v) is 6.33. The normalized spacial score (nSPS) is 16.1. The summed E-state index contributed by atoms with van der Waals surface area (Å²) in [5.74, 6) is 0.143. The van der Waals surface area contributed by atoms with E-state index in [9.17, 15) is 9.59 Å². The van der Waals surface area contributed by atoms with Crippen LogP contribution in [0.1, 0.15) is 12.0 Å². The number of nitrogens with one attached hydrogen (secondary N) is 1. The molecule has 1 heterocycles. The van der Waals surface area contributed by atoms with Crippen molar-refractivity contribution in [1.29, 1.82) is 0 Å². The largest absolute Gasteiger partial charge is 0.497 e. The Labute approximate surface area is 117 Å².